The summed E-state index contributed by atoms with van der Waals surface area (Å²) in [5.41, 5.74) is 5.47. The smallest absolute Gasteiger partial charge is 0.231 e. The van der Waals surface area contributed by atoms with Crippen LogP contribution in [0.1, 0.15) is 22.3 Å². The van der Waals surface area contributed by atoms with Crippen LogP contribution >= 0.6 is 0 Å². The molecule has 0 saturated carbocycles. The molecule has 0 saturated heterocycles. The first kappa shape index (κ1) is 15.8. The lowest BCUT2D eigenvalue weighted by Gasteiger charge is -2.12. The van der Waals surface area contributed by atoms with Gasteiger partial charge < -0.3 is 9.47 Å². The fraction of sp³-hybridized carbons (Fsp3) is 0.217. The molecule has 0 N–H and O–H groups in total. The first-order chi connectivity index (χ1) is 12.4. The second-order valence-corrected chi connectivity index (χ2v) is 6.45. The third-order valence-electron chi connectivity index (χ3n) is 4.75. The molecule has 0 amide bonds. The predicted octanol–water partition coefficient (Wildman–Crippen LogP) is 4.99. The minimum atomic E-state index is 0.329. The molecule has 3 aromatic carbocycles. The highest BCUT2D eigenvalue weighted by molar-refractivity contribution is 5.49. The number of hydrogen-bond acceptors (Lipinski definition) is 2. The van der Waals surface area contributed by atoms with Crippen molar-refractivity contribution in [2.75, 3.05) is 6.79 Å². The van der Waals surface area contributed by atoms with Gasteiger partial charge in [0.25, 0.3) is 0 Å². The van der Waals surface area contributed by atoms with Crippen LogP contribution in [-0.2, 0) is 25.7 Å². The third kappa shape index (κ3) is 3.85. The number of aryl methyl sites for hydroxylation is 4. The van der Waals surface area contributed by atoms with Crippen molar-refractivity contribution < 1.29 is 9.47 Å². The Morgan fingerprint density at radius 3 is 1.44 bits per heavy atom. The molecule has 1 heterocycles. The average Bonchev–Trinajstić information content (AvgIpc) is 3.13. The van der Waals surface area contributed by atoms with Crippen LogP contribution < -0.4 is 9.47 Å². The molecule has 0 aliphatic carbocycles. The zero-order valence-corrected chi connectivity index (χ0v) is 14.3. The van der Waals surface area contributed by atoms with E-state index in [1.54, 1.807) is 0 Å². The zero-order chi connectivity index (χ0) is 16.9. The monoisotopic (exact) mass is 330 g/mol. The van der Waals surface area contributed by atoms with E-state index < -0.39 is 0 Å². The molecule has 0 unspecified atom stereocenters. The summed E-state index contributed by atoms with van der Waals surface area (Å²) in [6, 6.07) is 25.6. The highest BCUT2D eigenvalue weighted by Gasteiger charge is 2.17. The van der Waals surface area contributed by atoms with Gasteiger partial charge in [-0.3, -0.25) is 0 Å². The summed E-state index contributed by atoms with van der Waals surface area (Å²) in [6.07, 6.45) is 4.12. The Morgan fingerprint density at radius 1 is 0.560 bits per heavy atom. The van der Waals surface area contributed by atoms with E-state index in [-0.39, 0.29) is 0 Å². The van der Waals surface area contributed by atoms with Crippen molar-refractivity contribution in [3.05, 3.63) is 95.1 Å². The summed E-state index contributed by atoms with van der Waals surface area (Å²) >= 11 is 0. The van der Waals surface area contributed by atoms with Gasteiger partial charge in [-0.2, -0.15) is 0 Å². The van der Waals surface area contributed by atoms with Crippen molar-refractivity contribution >= 4 is 0 Å². The molecule has 0 spiro atoms. The first-order valence-electron chi connectivity index (χ1n) is 8.88. The van der Waals surface area contributed by atoms with Crippen LogP contribution in [-0.4, -0.2) is 6.79 Å². The largest absolute Gasteiger partial charge is 0.454 e. The molecule has 0 atom stereocenters. The molecule has 1 aliphatic heterocycles. The minimum Gasteiger partial charge on any atom is -0.454 e. The highest BCUT2D eigenvalue weighted by Crippen LogP contribution is 2.35. The Hall–Kier alpha value is -2.74. The van der Waals surface area contributed by atoms with Crippen LogP contribution in [0.5, 0.6) is 11.5 Å². The molecule has 0 radical (unpaired) electrons. The van der Waals surface area contributed by atoms with Gasteiger partial charge in [-0.15, -0.1) is 0 Å². The molecule has 3 aromatic rings. The molecule has 2 nitrogen and oxygen atoms in total. The average molecular weight is 330 g/mol. The Bertz CT molecular complexity index is 755. The summed E-state index contributed by atoms with van der Waals surface area (Å²) in [6.45, 7) is 0.329. The zero-order valence-electron chi connectivity index (χ0n) is 14.3. The highest BCUT2D eigenvalue weighted by atomic mass is 16.7. The number of benzene rings is 3. The van der Waals surface area contributed by atoms with E-state index in [1.807, 2.05) is 0 Å². The molecule has 0 fully saturated rings. The van der Waals surface area contributed by atoms with E-state index in [0.29, 0.717) is 6.79 Å². The minimum absolute atomic E-state index is 0.329. The van der Waals surface area contributed by atoms with Crippen LogP contribution in [0.4, 0.5) is 0 Å². The van der Waals surface area contributed by atoms with Crippen LogP contribution in [0.3, 0.4) is 0 Å². The molecule has 0 bridgehead atoms. The fourth-order valence-corrected chi connectivity index (χ4v) is 3.34. The molecule has 126 valence electrons. The van der Waals surface area contributed by atoms with E-state index in [9.17, 15) is 0 Å². The topological polar surface area (TPSA) is 18.5 Å². The summed E-state index contributed by atoms with van der Waals surface area (Å²) < 4.78 is 11.2. The summed E-state index contributed by atoms with van der Waals surface area (Å²) in [5, 5.41) is 0. The van der Waals surface area contributed by atoms with Gasteiger partial charge in [0.1, 0.15) is 0 Å². The van der Waals surface area contributed by atoms with E-state index in [2.05, 4.69) is 72.8 Å². The van der Waals surface area contributed by atoms with Gasteiger partial charge in [-0.05, 0) is 60.1 Å². The number of fused-ring (bicyclic) bond motifs is 1. The third-order valence-corrected chi connectivity index (χ3v) is 4.75. The van der Waals surface area contributed by atoms with Crippen molar-refractivity contribution in [3.63, 3.8) is 0 Å². The fourth-order valence-electron chi connectivity index (χ4n) is 3.34. The van der Waals surface area contributed by atoms with Gasteiger partial charge in [0.05, 0.1) is 0 Å². The molecule has 0 aromatic heterocycles. The van der Waals surface area contributed by atoms with E-state index in [1.165, 1.54) is 22.3 Å². The van der Waals surface area contributed by atoms with Gasteiger partial charge in [-0.25, -0.2) is 0 Å². The van der Waals surface area contributed by atoms with Crippen LogP contribution in [0.15, 0.2) is 72.8 Å². The molecule has 2 heteroatoms. The molecule has 25 heavy (non-hydrogen) atoms. The lowest BCUT2D eigenvalue weighted by atomic mass is 9.95. The van der Waals surface area contributed by atoms with Crippen LogP contribution in [0.25, 0.3) is 0 Å². The van der Waals surface area contributed by atoms with Gasteiger partial charge in [-0.1, -0.05) is 60.7 Å². The Labute approximate surface area is 149 Å². The summed E-state index contributed by atoms with van der Waals surface area (Å²) in [5.74, 6) is 1.76. The van der Waals surface area contributed by atoms with Gasteiger partial charge >= 0.3 is 0 Å². The number of hydrogen-bond donors (Lipinski definition) is 0. The number of rotatable bonds is 6. The second kappa shape index (κ2) is 7.43. The Balaban J connectivity index is 1.53. The van der Waals surface area contributed by atoms with Crippen molar-refractivity contribution in [1.82, 2.24) is 0 Å². The van der Waals surface area contributed by atoms with Crippen molar-refractivity contribution in [2.24, 2.45) is 0 Å². The maximum absolute atomic E-state index is 5.59. The van der Waals surface area contributed by atoms with Crippen LogP contribution in [0, 0.1) is 0 Å². The maximum Gasteiger partial charge on any atom is 0.231 e. The van der Waals surface area contributed by atoms with Gasteiger partial charge in [0.15, 0.2) is 11.5 Å². The standard InChI is InChI=1S/C23H22O2/c1-3-7-18(8-4-1)11-13-20-15-22-23(25-17-24-22)16-21(20)14-12-19-9-5-2-6-10-19/h1-10,15-16H,11-14,17H2. The lowest BCUT2D eigenvalue weighted by molar-refractivity contribution is 0.174. The summed E-state index contributed by atoms with van der Waals surface area (Å²) in [7, 11) is 0. The van der Waals surface area contributed by atoms with Crippen molar-refractivity contribution in [3.8, 4) is 11.5 Å². The van der Waals surface area contributed by atoms with E-state index in [4.69, 9.17) is 9.47 Å². The van der Waals surface area contributed by atoms with Crippen LogP contribution in [0.2, 0.25) is 0 Å². The van der Waals surface area contributed by atoms with Crippen molar-refractivity contribution in [1.29, 1.82) is 0 Å². The van der Waals surface area contributed by atoms with Crippen molar-refractivity contribution in [2.45, 2.75) is 25.7 Å². The Kier molecular flexibility index (Phi) is 4.69. The van der Waals surface area contributed by atoms with E-state index in [0.717, 1.165) is 37.2 Å². The molecular weight excluding hydrogens is 308 g/mol. The quantitative estimate of drug-likeness (QED) is 0.634. The lowest BCUT2D eigenvalue weighted by Crippen LogP contribution is -2.00. The van der Waals surface area contributed by atoms with Gasteiger partial charge in [0, 0.05) is 0 Å². The predicted molar refractivity (Wildman–Crippen MR) is 100 cm³/mol. The SMILES string of the molecule is c1ccc(CCc2cc3c(cc2CCc2ccccc2)OCO3)cc1. The molecular formula is C23H22O2. The second-order valence-electron chi connectivity index (χ2n) is 6.45. The number of ether oxygens (including phenoxy) is 2. The summed E-state index contributed by atoms with van der Waals surface area (Å²) in [4.78, 5) is 0. The molecule has 4 rings (SSSR count). The van der Waals surface area contributed by atoms with Gasteiger partial charge in [0.2, 0.25) is 6.79 Å². The molecule has 1 aliphatic rings. The van der Waals surface area contributed by atoms with E-state index >= 15 is 0 Å². The first-order valence-corrected chi connectivity index (χ1v) is 8.88. The maximum atomic E-state index is 5.59. The normalized spacial score (nSPS) is 12.3. The Morgan fingerprint density at radius 2 is 1.00 bits per heavy atom.